The maximum Gasteiger partial charge on any atom is 0.303 e. The summed E-state index contributed by atoms with van der Waals surface area (Å²) in [4.78, 5) is 26.8. The summed E-state index contributed by atoms with van der Waals surface area (Å²) in [6.07, 6.45) is 2.83. The first-order chi connectivity index (χ1) is 26.2. The number of benzene rings is 3. The number of ether oxygens (including phenoxy) is 1. The molecule has 0 spiro atoms. The number of carbonyl (C=O) groups is 2. The number of rotatable bonds is 17. The number of alkyl halides is 5. The molecule has 1 aliphatic rings. The van der Waals surface area contributed by atoms with Crippen LogP contribution in [0.2, 0.25) is 0 Å². The Hall–Kier alpha value is -3.77. The molecule has 1 heterocycles. The number of halogens is 5. The first-order valence-electron chi connectivity index (χ1n) is 19.7. The van der Waals surface area contributed by atoms with Gasteiger partial charge in [0.1, 0.15) is 16.8 Å². The number of nitrogens with zero attached hydrogens (tertiary/aromatic N) is 2. The summed E-state index contributed by atoms with van der Waals surface area (Å²) in [5, 5.41) is 13.7. The van der Waals surface area contributed by atoms with E-state index in [1.165, 1.54) is 4.90 Å². The smallest absolute Gasteiger partial charge is 0.303 e. The number of aryl methyl sites for hydroxylation is 1. The van der Waals surface area contributed by atoms with E-state index in [9.17, 15) is 31.5 Å². The minimum Gasteiger partial charge on any atom is -0.496 e. The third kappa shape index (κ3) is 14.6. The number of aliphatic carboxylic acids is 1. The van der Waals surface area contributed by atoms with E-state index in [4.69, 9.17) is 9.84 Å². The monoisotopic (exact) mass is 793 g/mol. The van der Waals surface area contributed by atoms with Crippen LogP contribution in [0.3, 0.4) is 0 Å². The first-order valence-corrected chi connectivity index (χ1v) is 19.7. The van der Waals surface area contributed by atoms with Crippen molar-refractivity contribution >= 4 is 22.6 Å². The topological polar surface area (TPSA) is 82.1 Å². The Labute approximate surface area is 331 Å². The number of hydrogen-bond acceptors (Lipinski definition) is 5. The van der Waals surface area contributed by atoms with Gasteiger partial charge < -0.3 is 20.1 Å². The number of carboxylic acids is 1. The molecular formula is C44H64F5N3O4. The average Bonchev–Trinajstić information content (AvgIpc) is 3.12. The molecule has 12 heteroatoms. The molecule has 56 heavy (non-hydrogen) atoms. The lowest BCUT2D eigenvalue weighted by Crippen LogP contribution is -2.57. The molecular weight excluding hydrogens is 729 g/mol. The molecule has 0 bridgehead atoms. The summed E-state index contributed by atoms with van der Waals surface area (Å²) < 4.78 is 73.1. The van der Waals surface area contributed by atoms with E-state index in [0.717, 1.165) is 78.6 Å². The van der Waals surface area contributed by atoms with Gasteiger partial charge in [-0.05, 0) is 120 Å². The number of piperidine rings is 1. The summed E-state index contributed by atoms with van der Waals surface area (Å²) >= 11 is 0. The second-order valence-corrected chi connectivity index (χ2v) is 15.3. The van der Waals surface area contributed by atoms with Crippen molar-refractivity contribution in [3.05, 3.63) is 65.7 Å². The van der Waals surface area contributed by atoms with Crippen molar-refractivity contribution in [1.82, 2.24) is 15.1 Å². The van der Waals surface area contributed by atoms with Crippen molar-refractivity contribution in [1.29, 1.82) is 0 Å². The van der Waals surface area contributed by atoms with Gasteiger partial charge in [0.25, 0.3) is 11.8 Å². The van der Waals surface area contributed by atoms with Gasteiger partial charge in [0.05, 0.1) is 13.7 Å². The quantitative estimate of drug-likeness (QED) is 0.105. The Balaban J connectivity index is 0.000000420. The molecule has 0 saturated carbocycles. The maximum absolute atomic E-state index is 13.9. The molecule has 3 aromatic carbocycles. The second kappa shape index (κ2) is 21.7. The fraction of sp³-hybridized carbons (Fsp3) is 0.591. The molecule has 0 radical (unpaired) electrons. The number of fused-ring (bicyclic) bond motifs is 1. The Kier molecular flexibility index (Phi) is 18.7. The fourth-order valence-corrected chi connectivity index (χ4v) is 7.12. The molecule has 1 amide bonds. The van der Waals surface area contributed by atoms with E-state index in [0.29, 0.717) is 12.8 Å². The van der Waals surface area contributed by atoms with Crippen molar-refractivity contribution in [2.45, 2.75) is 117 Å². The van der Waals surface area contributed by atoms with Gasteiger partial charge in [-0.15, -0.1) is 0 Å². The van der Waals surface area contributed by atoms with Crippen LogP contribution < -0.4 is 10.1 Å². The zero-order valence-electron chi connectivity index (χ0n) is 34.8. The number of unbranched alkanes of at least 4 members (excludes halogenated alkanes) is 1. The normalized spacial score (nSPS) is 14.7. The van der Waals surface area contributed by atoms with Gasteiger partial charge >= 0.3 is 5.97 Å². The predicted octanol–water partition coefficient (Wildman–Crippen LogP) is 10.4. The van der Waals surface area contributed by atoms with Gasteiger partial charge in [-0.25, -0.2) is 22.0 Å². The van der Waals surface area contributed by atoms with Gasteiger partial charge in [0, 0.05) is 38.9 Å². The highest BCUT2D eigenvalue weighted by Crippen LogP contribution is 2.45. The SMILES string of the molecule is CC.CCNC(=O)C1(C(C)(F)F)CCN(CC(C)(F)F)CC1.COc1cc(CN(C)CCCCC(C)(C)F)ccc1-c1cccc2c(CCC(=O)O)cccc12. The summed E-state index contributed by atoms with van der Waals surface area (Å²) in [5.41, 5.74) is 1.40. The molecule has 0 aliphatic carbocycles. The van der Waals surface area contributed by atoms with Gasteiger partial charge in [-0.2, -0.15) is 0 Å². The van der Waals surface area contributed by atoms with Crippen LogP contribution in [0.4, 0.5) is 22.0 Å². The lowest BCUT2D eigenvalue weighted by atomic mass is 9.72. The van der Waals surface area contributed by atoms with Crippen molar-refractivity contribution in [3.8, 4) is 16.9 Å². The van der Waals surface area contributed by atoms with E-state index in [1.54, 1.807) is 27.9 Å². The zero-order chi connectivity index (χ0) is 42.3. The summed E-state index contributed by atoms with van der Waals surface area (Å²) in [6.45, 7) is 12.1. The van der Waals surface area contributed by atoms with Crippen molar-refractivity contribution in [2.75, 3.05) is 46.9 Å². The lowest BCUT2D eigenvalue weighted by Gasteiger charge is -2.44. The van der Waals surface area contributed by atoms with Crippen LogP contribution in [0.15, 0.2) is 54.6 Å². The summed E-state index contributed by atoms with van der Waals surface area (Å²) in [6, 6.07) is 18.5. The van der Waals surface area contributed by atoms with E-state index < -0.39 is 41.4 Å². The third-order valence-corrected chi connectivity index (χ3v) is 10.0. The number of methoxy groups -OCH3 is 1. The van der Waals surface area contributed by atoms with Crippen molar-refractivity contribution in [2.24, 2.45) is 5.41 Å². The molecule has 4 rings (SSSR count). The Bertz CT molecular complexity index is 1680. The minimum absolute atomic E-state index is 0.0734. The van der Waals surface area contributed by atoms with Crippen LogP contribution in [-0.4, -0.2) is 91.2 Å². The molecule has 1 aliphatic heterocycles. The van der Waals surface area contributed by atoms with Crippen molar-refractivity contribution < 1.29 is 41.4 Å². The number of likely N-dealkylation sites (tertiary alicyclic amines) is 1. The van der Waals surface area contributed by atoms with Crippen LogP contribution >= 0.6 is 0 Å². The molecule has 2 N–H and O–H groups in total. The molecule has 0 atom stereocenters. The predicted molar refractivity (Wildman–Crippen MR) is 217 cm³/mol. The van der Waals surface area contributed by atoms with Crippen LogP contribution in [0.25, 0.3) is 21.9 Å². The Morgan fingerprint density at radius 1 is 0.911 bits per heavy atom. The number of hydrogen-bond donors (Lipinski definition) is 2. The zero-order valence-corrected chi connectivity index (χ0v) is 34.8. The number of nitrogens with one attached hydrogen (secondary N) is 1. The highest BCUT2D eigenvalue weighted by molar-refractivity contribution is 5.99. The van der Waals surface area contributed by atoms with Crippen LogP contribution in [0.1, 0.15) is 98.1 Å². The molecule has 0 aromatic heterocycles. The molecule has 3 aromatic rings. The second-order valence-electron chi connectivity index (χ2n) is 15.3. The van der Waals surface area contributed by atoms with Gasteiger partial charge in [0.2, 0.25) is 5.91 Å². The summed E-state index contributed by atoms with van der Waals surface area (Å²) in [5.74, 6) is -6.70. The van der Waals surface area contributed by atoms with E-state index in [2.05, 4.69) is 53.7 Å². The molecule has 7 nitrogen and oxygen atoms in total. The fourth-order valence-electron chi connectivity index (χ4n) is 7.12. The highest BCUT2D eigenvalue weighted by Gasteiger charge is 2.56. The first kappa shape index (κ1) is 48.4. The number of carbonyl (C=O) groups excluding carboxylic acids is 1. The Morgan fingerprint density at radius 3 is 2.09 bits per heavy atom. The standard InChI is InChI=1S/C29H36FNO3.C13H22F4N2O.C2H6/c1-29(2,30)17-5-6-18-31(3)20-21-13-15-26(27(19-21)34-4)25-12-8-10-23-22(14-16-28(32)33)9-7-11-24(23)25;1-4-18-10(20)13(12(3,16)17)5-7-19(8-6-13)9-11(2,14)15;1-2/h7-13,15,19H,5-6,14,16-18,20H2,1-4H3,(H,32,33);4-9H2,1-3H3,(H,18,20);1-2H3. The average molecular weight is 794 g/mol. The van der Waals surface area contributed by atoms with Crippen LogP contribution in [0.5, 0.6) is 5.75 Å². The molecule has 0 unspecified atom stereocenters. The molecule has 1 saturated heterocycles. The maximum atomic E-state index is 13.9. The van der Waals surface area contributed by atoms with Gasteiger partial charge in [-0.1, -0.05) is 62.4 Å². The van der Waals surface area contributed by atoms with E-state index in [-0.39, 0.29) is 38.9 Å². The Morgan fingerprint density at radius 2 is 1.54 bits per heavy atom. The number of amides is 1. The van der Waals surface area contributed by atoms with Crippen LogP contribution in [0, 0.1) is 5.41 Å². The minimum atomic E-state index is -3.17. The molecule has 1 fully saturated rings. The number of carboxylic acid groups (broad SMARTS) is 1. The van der Waals surface area contributed by atoms with E-state index in [1.807, 2.05) is 32.0 Å². The van der Waals surface area contributed by atoms with E-state index >= 15 is 0 Å². The third-order valence-electron chi connectivity index (χ3n) is 10.0. The van der Waals surface area contributed by atoms with Crippen LogP contribution in [-0.2, 0) is 22.6 Å². The van der Waals surface area contributed by atoms with Crippen molar-refractivity contribution in [3.63, 3.8) is 0 Å². The summed E-state index contributed by atoms with van der Waals surface area (Å²) in [7, 11) is 3.78. The van der Waals surface area contributed by atoms with Gasteiger partial charge in [-0.3, -0.25) is 14.5 Å². The van der Waals surface area contributed by atoms with Gasteiger partial charge in [0.15, 0.2) is 0 Å². The highest BCUT2D eigenvalue weighted by atomic mass is 19.3. The largest absolute Gasteiger partial charge is 0.496 e. The molecule has 314 valence electrons. The lowest BCUT2D eigenvalue weighted by molar-refractivity contribution is -0.168.